The average Bonchev–Trinajstić information content (AvgIpc) is 2.35. The van der Waals surface area contributed by atoms with Crippen molar-refractivity contribution >= 4 is 43.2 Å². The van der Waals surface area contributed by atoms with Crippen molar-refractivity contribution in [3.63, 3.8) is 0 Å². The molecule has 1 atom stereocenters. The number of thiophene rings is 1. The third-order valence-electron chi connectivity index (χ3n) is 1.28. The van der Waals surface area contributed by atoms with Crippen LogP contribution in [0.15, 0.2) is 14.3 Å². The van der Waals surface area contributed by atoms with Gasteiger partial charge in [0, 0.05) is 16.5 Å². The van der Waals surface area contributed by atoms with E-state index in [2.05, 4.69) is 37.9 Å². The highest BCUT2D eigenvalue weighted by molar-refractivity contribution is 9.13. The third-order valence-corrected chi connectivity index (χ3v) is 4.58. The lowest BCUT2D eigenvalue weighted by Crippen LogP contribution is -1.93. The number of hydrogen-bond donors (Lipinski definition) is 0. The SMILES string of the molecule is COC(C#N)c1cc(Br)c(Br)s1. The molecule has 0 spiro atoms. The summed E-state index contributed by atoms with van der Waals surface area (Å²) >= 11 is 8.18. The number of methoxy groups -OCH3 is 1. The Morgan fingerprint density at radius 2 is 2.33 bits per heavy atom. The van der Waals surface area contributed by atoms with Crippen LogP contribution in [0.5, 0.6) is 0 Å². The zero-order valence-electron chi connectivity index (χ0n) is 6.17. The number of halogens is 2. The molecule has 1 aromatic rings. The van der Waals surface area contributed by atoms with E-state index in [9.17, 15) is 0 Å². The van der Waals surface area contributed by atoms with Crippen LogP contribution in [-0.2, 0) is 4.74 Å². The maximum atomic E-state index is 8.68. The van der Waals surface area contributed by atoms with Gasteiger partial charge in [0.2, 0.25) is 0 Å². The predicted octanol–water partition coefficient (Wildman–Crippen LogP) is 3.48. The fourth-order valence-electron chi connectivity index (χ4n) is 0.725. The largest absolute Gasteiger partial charge is 0.361 e. The van der Waals surface area contributed by atoms with Crippen LogP contribution in [0.2, 0.25) is 0 Å². The zero-order valence-corrected chi connectivity index (χ0v) is 10.2. The van der Waals surface area contributed by atoms with Crippen LogP contribution in [0.4, 0.5) is 0 Å². The molecule has 1 heterocycles. The summed E-state index contributed by atoms with van der Waals surface area (Å²) < 4.78 is 6.90. The molecule has 0 amide bonds. The fourth-order valence-corrected chi connectivity index (χ4v) is 2.84. The van der Waals surface area contributed by atoms with E-state index in [-0.39, 0.29) is 0 Å². The van der Waals surface area contributed by atoms with Crippen LogP contribution < -0.4 is 0 Å². The fraction of sp³-hybridized carbons (Fsp3) is 0.286. The average molecular weight is 311 g/mol. The van der Waals surface area contributed by atoms with Gasteiger partial charge in [-0.1, -0.05) is 0 Å². The first-order valence-corrected chi connectivity index (χ1v) is 5.46. The Bertz CT molecular complexity index is 298. The quantitative estimate of drug-likeness (QED) is 0.838. The first-order chi connectivity index (χ1) is 5.69. The highest BCUT2D eigenvalue weighted by Gasteiger charge is 2.13. The summed E-state index contributed by atoms with van der Waals surface area (Å²) in [6, 6.07) is 3.94. The van der Waals surface area contributed by atoms with Gasteiger partial charge in [0.25, 0.3) is 0 Å². The van der Waals surface area contributed by atoms with Gasteiger partial charge < -0.3 is 4.74 Å². The normalized spacial score (nSPS) is 12.5. The Morgan fingerprint density at radius 3 is 2.67 bits per heavy atom. The summed E-state index contributed by atoms with van der Waals surface area (Å²) in [6.07, 6.45) is -0.461. The van der Waals surface area contributed by atoms with Crippen molar-refractivity contribution in [2.45, 2.75) is 6.10 Å². The molecule has 0 saturated heterocycles. The molecule has 12 heavy (non-hydrogen) atoms. The zero-order chi connectivity index (χ0) is 9.14. The minimum atomic E-state index is -0.461. The molecule has 0 radical (unpaired) electrons. The van der Waals surface area contributed by atoms with Gasteiger partial charge in [-0.05, 0) is 37.9 Å². The molecular weight excluding hydrogens is 306 g/mol. The smallest absolute Gasteiger partial charge is 0.177 e. The molecule has 0 aliphatic heterocycles. The summed E-state index contributed by atoms with van der Waals surface area (Å²) in [5, 5.41) is 8.68. The van der Waals surface area contributed by atoms with Crippen molar-refractivity contribution < 1.29 is 4.74 Å². The van der Waals surface area contributed by atoms with Gasteiger partial charge in [-0.3, -0.25) is 0 Å². The summed E-state index contributed by atoms with van der Waals surface area (Å²) in [4.78, 5) is 0.902. The molecule has 2 nitrogen and oxygen atoms in total. The molecule has 0 N–H and O–H groups in total. The number of nitrogens with zero attached hydrogens (tertiary/aromatic N) is 1. The molecular formula is C7H5Br2NOS. The maximum Gasteiger partial charge on any atom is 0.177 e. The van der Waals surface area contributed by atoms with E-state index >= 15 is 0 Å². The topological polar surface area (TPSA) is 33.0 Å². The van der Waals surface area contributed by atoms with E-state index in [1.165, 1.54) is 18.4 Å². The van der Waals surface area contributed by atoms with E-state index in [1.54, 1.807) is 0 Å². The lowest BCUT2D eigenvalue weighted by Gasteiger charge is -2.01. The van der Waals surface area contributed by atoms with Crippen LogP contribution in [0, 0.1) is 11.3 Å². The monoisotopic (exact) mass is 309 g/mol. The third kappa shape index (κ3) is 2.07. The van der Waals surface area contributed by atoms with Crippen LogP contribution in [0.25, 0.3) is 0 Å². The van der Waals surface area contributed by atoms with Crippen molar-refractivity contribution in [2.75, 3.05) is 7.11 Å². The first-order valence-electron chi connectivity index (χ1n) is 3.06. The molecule has 0 aromatic carbocycles. The molecule has 0 fully saturated rings. The van der Waals surface area contributed by atoms with Gasteiger partial charge in [0.15, 0.2) is 6.10 Å². The second-order valence-corrected chi connectivity index (χ2v) is 5.27. The van der Waals surface area contributed by atoms with Gasteiger partial charge >= 0.3 is 0 Å². The Balaban J connectivity index is 2.96. The number of hydrogen-bond acceptors (Lipinski definition) is 3. The van der Waals surface area contributed by atoms with E-state index in [0.29, 0.717) is 0 Å². The number of nitriles is 1. The molecule has 0 bridgehead atoms. The number of ether oxygens (including phenoxy) is 1. The lowest BCUT2D eigenvalue weighted by atomic mass is 10.3. The van der Waals surface area contributed by atoms with E-state index in [1.807, 2.05) is 6.07 Å². The molecule has 0 saturated carbocycles. The maximum absolute atomic E-state index is 8.68. The minimum absolute atomic E-state index is 0.461. The summed E-state index contributed by atoms with van der Waals surface area (Å²) in [7, 11) is 1.52. The molecule has 5 heteroatoms. The Kier molecular flexibility index (Phi) is 3.72. The molecule has 64 valence electrons. The van der Waals surface area contributed by atoms with Crippen LogP contribution in [0.3, 0.4) is 0 Å². The van der Waals surface area contributed by atoms with Gasteiger partial charge in [0.1, 0.15) is 6.07 Å². The summed E-state index contributed by atoms with van der Waals surface area (Å²) in [5.74, 6) is 0. The molecule has 0 aliphatic carbocycles. The molecule has 1 aromatic heterocycles. The number of rotatable bonds is 2. The van der Waals surface area contributed by atoms with Crippen molar-refractivity contribution in [3.8, 4) is 6.07 Å². The molecule has 0 aliphatic rings. The van der Waals surface area contributed by atoms with Gasteiger partial charge in [-0.25, -0.2) is 0 Å². The molecule has 1 unspecified atom stereocenters. The van der Waals surface area contributed by atoms with E-state index < -0.39 is 6.10 Å². The van der Waals surface area contributed by atoms with Gasteiger partial charge in [-0.15, -0.1) is 11.3 Å². The van der Waals surface area contributed by atoms with E-state index in [4.69, 9.17) is 10.00 Å². The summed E-state index contributed by atoms with van der Waals surface area (Å²) in [5.41, 5.74) is 0. The highest BCUT2D eigenvalue weighted by Crippen LogP contribution is 2.36. The highest BCUT2D eigenvalue weighted by atomic mass is 79.9. The van der Waals surface area contributed by atoms with Crippen molar-refractivity contribution in [3.05, 3.63) is 19.2 Å². The van der Waals surface area contributed by atoms with Crippen LogP contribution >= 0.6 is 43.2 Å². The second-order valence-electron chi connectivity index (χ2n) is 2.02. The molecule has 1 rings (SSSR count). The Hall–Kier alpha value is 0.110. The van der Waals surface area contributed by atoms with Gasteiger partial charge in [0.05, 0.1) is 3.79 Å². The van der Waals surface area contributed by atoms with Crippen LogP contribution in [0.1, 0.15) is 11.0 Å². The van der Waals surface area contributed by atoms with Crippen molar-refractivity contribution in [2.24, 2.45) is 0 Å². The van der Waals surface area contributed by atoms with Gasteiger partial charge in [-0.2, -0.15) is 5.26 Å². The van der Waals surface area contributed by atoms with E-state index in [0.717, 1.165) is 13.1 Å². The first kappa shape index (κ1) is 10.2. The predicted molar refractivity (Wildman–Crippen MR) is 55.1 cm³/mol. The minimum Gasteiger partial charge on any atom is -0.361 e. The Labute approximate surface area is 91.4 Å². The lowest BCUT2D eigenvalue weighted by molar-refractivity contribution is 0.151. The van der Waals surface area contributed by atoms with Crippen LogP contribution in [-0.4, -0.2) is 7.11 Å². The second kappa shape index (κ2) is 4.38. The van der Waals surface area contributed by atoms with Crippen molar-refractivity contribution in [1.29, 1.82) is 5.26 Å². The summed E-state index contributed by atoms with van der Waals surface area (Å²) in [6.45, 7) is 0. The standard InChI is InChI=1S/C7H5Br2NOS/c1-11-5(3-10)6-2-4(8)7(9)12-6/h2,5H,1H3. The van der Waals surface area contributed by atoms with Crippen molar-refractivity contribution in [1.82, 2.24) is 0 Å². The Morgan fingerprint density at radius 1 is 1.67 bits per heavy atom.